The van der Waals surface area contributed by atoms with Crippen molar-refractivity contribution >= 4 is 32.7 Å². The van der Waals surface area contributed by atoms with Gasteiger partial charge in [-0.2, -0.15) is 0 Å². The van der Waals surface area contributed by atoms with Gasteiger partial charge in [0.15, 0.2) is 0 Å². The molecular formula is C14H12BrN3. The molecule has 0 saturated heterocycles. The van der Waals surface area contributed by atoms with Crippen LogP contribution >= 0.6 is 15.9 Å². The summed E-state index contributed by atoms with van der Waals surface area (Å²) in [5.41, 5.74) is 10.7. The third-order valence-corrected chi connectivity index (χ3v) is 3.57. The molecule has 0 atom stereocenters. The Morgan fingerprint density at radius 1 is 1.17 bits per heavy atom. The summed E-state index contributed by atoms with van der Waals surface area (Å²) in [6, 6.07) is 11.9. The SMILES string of the molecule is Cc1ccc2nc(-c3cc(N)ccc3Br)[nH]c2c1. The number of fused-ring (bicyclic) bond motifs is 1. The van der Waals surface area contributed by atoms with Gasteiger partial charge in [-0.15, -0.1) is 0 Å². The van der Waals surface area contributed by atoms with Gasteiger partial charge in [0.05, 0.1) is 11.0 Å². The molecule has 0 aliphatic carbocycles. The molecule has 0 fully saturated rings. The number of H-pyrrole nitrogens is 1. The number of halogens is 1. The van der Waals surface area contributed by atoms with Crippen LogP contribution in [0.1, 0.15) is 5.56 Å². The van der Waals surface area contributed by atoms with Crippen LogP contribution in [-0.4, -0.2) is 9.97 Å². The van der Waals surface area contributed by atoms with E-state index in [1.165, 1.54) is 5.56 Å². The summed E-state index contributed by atoms with van der Waals surface area (Å²) in [5, 5.41) is 0. The number of aryl methyl sites for hydroxylation is 1. The second kappa shape index (κ2) is 4.14. The topological polar surface area (TPSA) is 54.7 Å². The standard InChI is InChI=1S/C14H12BrN3/c1-8-2-5-12-13(6-8)18-14(17-12)10-7-9(16)3-4-11(10)15/h2-7H,16H2,1H3,(H,17,18). The third kappa shape index (κ3) is 1.88. The zero-order chi connectivity index (χ0) is 12.7. The molecule has 1 heterocycles. The van der Waals surface area contributed by atoms with Crippen molar-refractivity contribution < 1.29 is 0 Å². The number of aromatic amines is 1. The zero-order valence-corrected chi connectivity index (χ0v) is 11.5. The van der Waals surface area contributed by atoms with E-state index < -0.39 is 0 Å². The molecule has 18 heavy (non-hydrogen) atoms. The molecule has 0 aliphatic rings. The summed E-state index contributed by atoms with van der Waals surface area (Å²) in [6.45, 7) is 2.07. The van der Waals surface area contributed by atoms with Gasteiger partial charge >= 0.3 is 0 Å². The zero-order valence-electron chi connectivity index (χ0n) is 9.87. The predicted molar refractivity (Wildman–Crippen MR) is 78.4 cm³/mol. The smallest absolute Gasteiger partial charge is 0.139 e. The molecule has 90 valence electrons. The van der Waals surface area contributed by atoms with E-state index in [1.54, 1.807) is 0 Å². The summed E-state index contributed by atoms with van der Waals surface area (Å²) in [4.78, 5) is 7.91. The van der Waals surface area contributed by atoms with Crippen LogP contribution in [0.15, 0.2) is 40.9 Å². The highest BCUT2D eigenvalue weighted by Gasteiger charge is 2.09. The second-order valence-corrected chi connectivity index (χ2v) is 5.20. The number of hydrogen-bond donors (Lipinski definition) is 2. The molecule has 3 N–H and O–H groups in total. The summed E-state index contributed by atoms with van der Waals surface area (Å²) in [5.74, 6) is 0.828. The van der Waals surface area contributed by atoms with Crippen molar-refractivity contribution in [1.29, 1.82) is 0 Å². The average Bonchev–Trinajstić information content (AvgIpc) is 2.74. The predicted octanol–water partition coefficient (Wildman–Crippen LogP) is 3.88. The van der Waals surface area contributed by atoms with E-state index in [-0.39, 0.29) is 0 Å². The number of rotatable bonds is 1. The molecule has 2 aromatic carbocycles. The number of benzene rings is 2. The van der Waals surface area contributed by atoms with Crippen LogP contribution < -0.4 is 5.73 Å². The molecule has 0 aliphatic heterocycles. The first-order valence-corrected chi connectivity index (χ1v) is 6.44. The van der Waals surface area contributed by atoms with Crippen molar-refractivity contribution in [2.24, 2.45) is 0 Å². The van der Waals surface area contributed by atoms with Crippen LogP contribution in [0, 0.1) is 6.92 Å². The maximum absolute atomic E-state index is 5.82. The Kier molecular flexibility index (Phi) is 2.59. The van der Waals surface area contributed by atoms with Gasteiger partial charge in [-0.3, -0.25) is 0 Å². The Balaban J connectivity index is 2.22. The fourth-order valence-electron chi connectivity index (χ4n) is 1.98. The second-order valence-electron chi connectivity index (χ2n) is 4.35. The molecule has 0 spiro atoms. The highest BCUT2D eigenvalue weighted by Crippen LogP contribution is 2.29. The van der Waals surface area contributed by atoms with Crippen molar-refractivity contribution in [2.75, 3.05) is 5.73 Å². The van der Waals surface area contributed by atoms with Gasteiger partial charge in [-0.05, 0) is 42.8 Å². The number of aromatic nitrogens is 2. The number of nitrogens with one attached hydrogen (secondary N) is 1. The molecule has 4 heteroatoms. The highest BCUT2D eigenvalue weighted by atomic mass is 79.9. The lowest BCUT2D eigenvalue weighted by molar-refractivity contribution is 1.33. The Morgan fingerprint density at radius 3 is 2.83 bits per heavy atom. The maximum atomic E-state index is 5.82. The summed E-state index contributed by atoms with van der Waals surface area (Å²) in [6.07, 6.45) is 0. The lowest BCUT2D eigenvalue weighted by Gasteiger charge is -2.01. The van der Waals surface area contributed by atoms with E-state index in [0.29, 0.717) is 0 Å². The van der Waals surface area contributed by atoms with Gasteiger partial charge in [0.2, 0.25) is 0 Å². The molecule has 0 amide bonds. The number of imidazole rings is 1. The van der Waals surface area contributed by atoms with Gasteiger partial charge in [0, 0.05) is 15.7 Å². The van der Waals surface area contributed by atoms with Gasteiger partial charge in [0.25, 0.3) is 0 Å². The van der Waals surface area contributed by atoms with Crippen LogP contribution in [0.4, 0.5) is 5.69 Å². The highest BCUT2D eigenvalue weighted by molar-refractivity contribution is 9.10. The van der Waals surface area contributed by atoms with Gasteiger partial charge in [-0.25, -0.2) is 4.98 Å². The number of hydrogen-bond acceptors (Lipinski definition) is 2. The van der Waals surface area contributed by atoms with Crippen molar-refractivity contribution in [3.05, 3.63) is 46.4 Å². The van der Waals surface area contributed by atoms with E-state index >= 15 is 0 Å². The van der Waals surface area contributed by atoms with Gasteiger partial charge in [0.1, 0.15) is 5.82 Å². The lowest BCUT2D eigenvalue weighted by atomic mass is 10.2. The normalized spacial score (nSPS) is 11.0. The molecular weight excluding hydrogens is 290 g/mol. The fraction of sp³-hybridized carbons (Fsp3) is 0.0714. The monoisotopic (exact) mass is 301 g/mol. The van der Waals surface area contributed by atoms with Gasteiger partial charge in [-0.1, -0.05) is 22.0 Å². The van der Waals surface area contributed by atoms with Crippen LogP contribution in [0.2, 0.25) is 0 Å². The van der Waals surface area contributed by atoms with Crippen LogP contribution in [0.3, 0.4) is 0 Å². The van der Waals surface area contributed by atoms with Crippen molar-refractivity contribution in [2.45, 2.75) is 6.92 Å². The Hall–Kier alpha value is -1.81. The lowest BCUT2D eigenvalue weighted by Crippen LogP contribution is -1.88. The molecule has 0 bridgehead atoms. The van der Waals surface area contributed by atoms with Crippen molar-refractivity contribution in [3.63, 3.8) is 0 Å². The molecule has 0 radical (unpaired) electrons. The maximum Gasteiger partial charge on any atom is 0.139 e. The third-order valence-electron chi connectivity index (χ3n) is 2.88. The minimum atomic E-state index is 0.727. The van der Waals surface area contributed by atoms with E-state index in [2.05, 4.69) is 45.0 Å². The largest absolute Gasteiger partial charge is 0.399 e. The first kappa shape index (κ1) is 11.3. The summed E-state index contributed by atoms with van der Waals surface area (Å²) < 4.78 is 0.979. The fourth-order valence-corrected chi connectivity index (χ4v) is 2.41. The average molecular weight is 302 g/mol. The Labute approximate surface area is 113 Å². The number of nitrogens with zero attached hydrogens (tertiary/aromatic N) is 1. The summed E-state index contributed by atoms with van der Waals surface area (Å²) >= 11 is 3.52. The van der Waals surface area contributed by atoms with E-state index in [1.807, 2.05) is 24.3 Å². The van der Waals surface area contributed by atoms with Crippen LogP contribution in [0.25, 0.3) is 22.4 Å². The molecule has 0 saturated carbocycles. The van der Waals surface area contributed by atoms with Crippen LogP contribution in [0.5, 0.6) is 0 Å². The van der Waals surface area contributed by atoms with Gasteiger partial charge < -0.3 is 10.7 Å². The minimum absolute atomic E-state index is 0.727. The first-order valence-electron chi connectivity index (χ1n) is 5.65. The minimum Gasteiger partial charge on any atom is -0.399 e. The Morgan fingerprint density at radius 2 is 2.00 bits per heavy atom. The molecule has 3 aromatic rings. The van der Waals surface area contributed by atoms with E-state index in [4.69, 9.17) is 5.73 Å². The molecule has 0 unspecified atom stereocenters. The Bertz CT molecular complexity index is 731. The number of nitrogens with two attached hydrogens (primary N) is 1. The van der Waals surface area contributed by atoms with E-state index in [0.717, 1.165) is 32.6 Å². The first-order chi connectivity index (χ1) is 8.63. The van der Waals surface area contributed by atoms with Crippen molar-refractivity contribution in [3.8, 4) is 11.4 Å². The molecule has 3 nitrogen and oxygen atoms in total. The summed E-state index contributed by atoms with van der Waals surface area (Å²) in [7, 11) is 0. The van der Waals surface area contributed by atoms with Crippen molar-refractivity contribution in [1.82, 2.24) is 9.97 Å². The van der Waals surface area contributed by atoms with Crippen LogP contribution in [-0.2, 0) is 0 Å². The number of anilines is 1. The number of nitrogen functional groups attached to an aromatic ring is 1. The molecule has 1 aromatic heterocycles. The van der Waals surface area contributed by atoms with E-state index in [9.17, 15) is 0 Å². The molecule has 3 rings (SSSR count). The quantitative estimate of drug-likeness (QED) is 0.670.